The van der Waals surface area contributed by atoms with Crippen molar-refractivity contribution in [3.63, 3.8) is 0 Å². The third-order valence-corrected chi connectivity index (χ3v) is 2.37. The van der Waals surface area contributed by atoms with E-state index in [2.05, 4.69) is 66.1 Å². The summed E-state index contributed by atoms with van der Waals surface area (Å²) >= 11 is 3.04. The summed E-state index contributed by atoms with van der Waals surface area (Å²) < 4.78 is 38.7. The van der Waals surface area contributed by atoms with Crippen molar-refractivity contribution in [1.29, 1.82) is 0 Å². The number of benzene rings is 1. The summed E-state index contributed by atoms with van der Waals surface area (Å²) in [6.45, 7) is 22.5. The Kier molecular flexibility index (Phi) is 54.5. The Labute approximate surface area is 132 Å². The van der Waals surface area contributed by atoms with Crippen LogP contribution in [0.1, 0.15) is 5.56 Å². The SMILES string of the molecule is CN(C)[C](=[Cr])c1ccccc1.[C-]#[O+].[C-]#[O+].[C-]#[O+].[C-]#[O+].[C-]#[O+]. The number of rotatable bonds is 2. The second-order valence-corrected chi connectivity index (χ2v) is 3.17. The van der Waals surface area contributed by atoms with Gasteiger partial charge in [-0.25, -0.2) is 0 Å². The fraction of sp³-hybridized carbons (Fsp3) is 0.143. The molecule has 0 radical (unpaired) electrons. The first kappa shape index (κ1) is 31.6. The van der Waals surface area contributed by atoms with Crippen molar-refractivity contribution in [3.8, 4) is 0 Å². The van der Waals surface area contributed by atoms with Gasteiger partial charge in [-0.1, -0.05) is 0 Å². The molecule has 1 aromatic carbocycles. The molecule has 1 aromatic rings. The molecule has 6 nitrogen and oxygen atoms in total. The first-order valence-electron chi connectivity index (χ1n) is 4.50. The van der Waals surface area contributed by atoms with Crippen LogP contribution < -0.4 is 0 Å². The predicted molar refractivity (Wildman–Crippen MR) is 63.9 cm³/mol. The van der Waals surface area contributed by atoms with Crippen molar-refractivity contribution in [2.45, 2.75) is 0 Å². The zero-order valence-electron chi connectivity index (χ0n) is 11.3. The summed E-state index contributed by atoms with van der Waals surface area (Å²) in [4.78, 5) is 2.06. The Bertz CT molecular complexity index is 397. The second kappa shape index (κ2) is 36.2. The second-order valence-electron chi connectivity index (χ2n) is 2.57. The van der Waals surface area contributed by atoms with Gasteiger partial charge >= 0.3 is 132 Å². The Balaban J connectivity index is -0.0000000727. The van der Waals surface area contributed by atoms with Gasteiger partial charge in [0.2, 0.25) is 0 Å². The van der Waals surface area contributed by atoms with Crippen LogP contribution in [0.4, 0.5) is 0 Å². The minimum atomic E-state index is 1.17. The molecule has 21 heavy (non-hydrogen) atoms. The van der Waals surface area contributed by atoms with Gasteiger partial charge < -0.3 is 0 Å². The molecule has 0 N–H and O–H groups in total. The third-order valence-electron chi connectivity index (χ3n) is 1.43. The van der Waals surface area contributed by atoms with E-state index < -0.39 is 0 Å². The average molecular weight is 325 g/mol. The molecule has 0 aliphatic heterocycles. The van der Waals surface area contributed by atoms with Crippen LogP contribution in [0, 0.1) is 33.3 Å². The Morgan fingerprint density at radius 2 is 1.05 bits per heavy atom. The van der Waals surface area contributed by atoms with E-state index in [1.165, 1.54) is 10.1 Å². The summed E-state index contributed by atoms with van der Waals surface area (Å²) in [6.07, 6.45) is 0. The van der Waals surface area contributed by atoms with Crippen LogP contribution in [0.2, 0.25) is 0 Å². The molecule has 1 rings (SSSR count). The molecule has 0 bridgehead atoms. The topological polar surface area (TPSA) is 103 Å². The van der Waals surface area contributed by atoms with Crippen molar-refractivity contribution < 1.29 is 39.1 Å². The molecule has 0 aromatic heterocycles. The van der Waals surface area contributed by atoms with Gasteiger partial charge in [-0.15, -0.1) is 0 Å². The molecule has 0 amide bonds. The fourth-order valence-corrected chi connectivity index (χ4v) is 1.05. The van der Waals surface area contributed by atoms with Crippen molar-refractivity contribution in [1.82, 2.24) is 4.90 Å². The first-order chi connectivity index (χ1) is 10.2. The Hall–Kier alpha value is -1.72. The molecule has 0 saturated carbocycles. The Morgan fingerprint density at radius 1 is 0.762 bits per heavy atom. The van der Waals surface area contributed by atoms with E-state index >= 15 is 0 Å². The number of nitrogens with zero attached hydrogens (tertiary/aromatic N) is 1. The van der Waals surface area contributed by atoms with Gasteiger partial charge in [0.25, 0.3) is 0 Å². The van der Waals surface area contributed by atoms with Crippen LogP contribution in [-0.4, -0.2) is 23.5 Å². The molecule has 0 spiro atoms. The monoisotopic (exact) mass is 325 g/mol. The van der Waals surface area contributed by atoms with Gasteiger partial charge in [0, 0.05) is 0 Å². The van der Waals surface area contributed by atoms with Crippen molar-refractivity contribution in [3.05, 3.63) is 69.1 Å². The molecule has 0 fully saturated rings. The summed E-state index contributed by atoms with van der Waals surface area (Å²) in [5.41, 5.74) is 1.23. The van der Waals surface area contributed by atoms with Crippen molar-refractivity contribution >= 4 is 4.50 Å². The maximum absolute atomic E-state index is 7.50. The molecule has 7 heteroatoms. The molecule has 0 saturated heterocycles. The molecule has 0 heterocycles. The van der Waals surface area contributed by atoms with Crippen molar-refractivity contribution in [2.24, 2.45) is 0 Å². The van der Waals surface area contributed by atoms with E-state index in [0.29, 0.717) is 0 Å². The standard InChI is InChI=1S/C9H11N.5CO.Cr/c1-10(2)8-9-6-4-3-5-7-9;5*1-2;/h3-7H,1-2H3;;;;;;. The zero-order chi connectivity index (χ0) is 18.3. The minimum absolute atomic E-state index is 1.17. The summed E-state index contributed by atoms with van der Waals surface area (Å²) in [5.74, 6) is 0. The van der Waals surface area contributed by atoms with Gasteiger partial charge in [0.15, 0.2) is 0 Å². The van der Waals surface area contributed by atoms with Crippen LogP contribution >= 0.6 is 0 Å². The van der Waals surface area contributed by atoms with E-state index in [-0.39, 0.29) is 0 Å². The quantitative estimate of drug-likeness (QED) is 0.589. The van der Waals surface area contributed by atoms with E-state index in [1.807, 2.05) is 32.3 Å². The van der Waals surface area contributed by atoms with Crippen LogP contribution in [0.3, 0.4) is 0 Å². The van der Waals surface area contributed by atoms with Crippen molar-refractivity contribution in [2.75, 3.05) is 14.1 Å². The van der Waals surface area contributed by atoms with E-state index in [9.17, 15) is 0 Å². The van der Waals surface area contributed by atoms with Crippen LogP contribution in [0.25, 0.3) is 0 Å². The van der Waals surface area contributed by atoms with Gasteiger partial charge in [-0.05, 0) is 0 Å². The maximum atomic E-state index is 7.50. The van der Waals surface area contributed by atoms with E-state index in [0.717, 1.165) is 0 Å². The Morgan fingerprint density at radius 3 is 1.29 bits per heavy atom. The third kappa shape index (κ3) is 23.8. The van der Waals surface area contributed by atoms with Crippen LogP contribution in [-0.2, 0) is 39.1 Å². The average Bonchev–Trinajstić information content (AvgIpc) is 2.63. The summed E-state index contributed by atoms with van der Waals surface area (Å²) in [5, 5.41) is 0. The number of hydrogen-bond acceptors (Lipinski definition) is 1. The van der Waals surface area contributed by atoms with E-state index in [4.69, 9.17) is 23.3 Å². The van der Waals surface area contributed by atoms with Gasteiger partial charge in [-0.2, -0.15) is 0 Å². The van der Waals surface area contributed by atoms with Gasteiger partial charge in [0.1, 0.15) is 0 Å². The summed E-state index contributed by atoms with van der Waals surface area (Å²) in [6, 6.07) is 10.3. The normalized spacial score (nSPS) is 5.76. The molecular formula is C14H11CrNO5. The molecule has 0 unspecified atom stereocenters. The zero-order valence-corrected chi connectivity index (χ0v) is 12.6. The summed E-state index contributed by atoms with van der Waals surface area (Å²) in [7, 11) is 4.05. The van der Waals surface area contributed by atoms with Crippen LogP contribution in [0.5, 0.6) is 0 Å². The fourth-order valence-electron chi connectivity index (χ4n) is 0.839. The van der Waals surface area contributed by atoms with Crippen LogP contribution in [0.15, 0.2) is 30.3 Å². The van der Waals surface area contributed by atoms with E-state index in [1.54, 1.807) is 0 Å². The predicted octanol–water partition coefficient (Wildman–Crippen LogP) is 1.09. The van der Waals surface area contributed by atoms with Gasteiger partial charge in [-0.3, -0.25) is 0 Å². The van der Waals surface area contributed by atoms with Gasteiger partial charge in [0.05, 0.1) is 0 Å². The molecule has 0 aliphatic carbocycles. The molecule has 108 valence electrons. The molecular weight excluding hydrogens is 314 g/mol. The molecule has 0 aliphatic rings. The number of hydrogen-bond donors (Lipinski definition) is 0. The first-order valence-corrected chi connectivity index (χ1v) is 5.14. The molecule has 0 atom stereocenters.